The van der Waals surface area contributed by atoms with Crippen molar-refractivity contribution >= 4 is 15.8 Å². The van der Waals surface area contributed by atoms with E-state index in [1.54, 1.807) is 0 Å². The highest BCUT2D eigenvalue weighted by Crippen LogP contribution is 2.14. The molecule has 0 radical (unpaired) electrons. The molecular weight excluding hydrogens is 370 g/mol. The van der Waals surface area contributed by atoms with Crippen LogP contribution in [0.25, 0.3) is 0 Å². The monoisotopic (exact) mass is 401 g/mol. The number of nitrogens with one attached hydrogen (secondary N) is 2. The molecule has 0 spiro atoms. The number of rotatable bonds is 8. The Bertz CT molecular complexity index is 873. The molecule has 1 unspecified atom stereocenters. The fraction of sp³-hybridized carbons (Fsp3) is 0.409. The van der Waals surface area contributed by atoms with Gasteiger partial charge in [-0.25, -0.2) is 13.4 Å². The molecule has 0 saturated heterocycles. The molecule has 28 heavy (non-hydrogen) atoms. The van der Waals surface area contributed by atoms with Gasteiger partial charge in [-0.15, -0.1) is 0 Å². The molecule has 2 rings (SSSR count). The normalized spacial score (nSPS) is 13.2. The van der Waals surface area contributed by atoms with E-state index in [9.17, 15) is 8.42 Å². The second-order valence-electron chi connectivity index (χ2n) is 7.27. The van der Waals surface area contributed by atoms with E-state index in [0.29, 0.717) is 12.5 Å². The number of hydrogen-bond acceptors (Lipinski definition) is 3. The lowest BCUT2D eigenvalue weighted by atomic mass is 10.0. The molecule has 0 saturated carbocycles. The van der Waals surface area contributed by atoms with Crippen LogP contribution in [-0.2, 0) is 22.1 Å². The van der Waals surface area contributed by atoms with Gasteiger partial charge in [-0.1, -0.05) is 61.0 Å². The van der Waals surface area contributed by atoms with Crippen molar-refractivity contribution in [3.8, 4) is 0 Å². The van der Waals surface area contributed by atoms with Crippen LogP contribution in [0.4, 0.5) is 0 Å². The molecule has 2 aromatic carbocycles. The van der Waals surface area contributed by atoms with Crippen molar-refractivity contribution in [1.29, 1.82) is 0 Å². The van der Waals surface area contributed by atoms with Crippen LogP contribution in [0.5, 0.6) is 0 Å². The SMILES string of the molecule is CCNC(=NCc1ccc(CS(C)(=O)=O)cc1)NCC(C)c1ccc(C)cc1. The Balaban J connectivity index is 1.95. The van der Waals surface area contributed by atoms with E-state index >= 15 is 0 Å². The van der Waals surface area contributed by atoms with Gasteiger partial charge in [-0.3, -0.25) is 0 Å². The average Bonchev–Trinajstić information content (AvgIpc) is 2.64. The molecule has 2 aromatic rings. The van der Waals surface area contributed by atoms with Gasteiger partial charge in [0.1, 0.15) is 0 Å². The predicted octanol–water partition coefficient (Wildman–Crippen LogP) is 3.40. The fourth-order valence-corrected chi connectivity index (χ4v) is 3.62. The molecule has 0 aromatic heterocycles. The quantitative estimate of drug-likeness (QED) is 0.525. The van der Waals surface area contributed by atoms with Crippen molar-refractivity contribution in [3.05, 3.63) is 70.8 Å². The highest BCUT2D eigenvalue weighted by molar-refractivity contribution is 7.89. The second kappa shape index (κ2) is 10.3. The molecule has 0 amide bonds. The van der Waals surface area contributed by atoms with Gasteiger partial charge in [-0.2, -0.15) is 0 Å². The number of nitrogens with zero attached hydrogens (tertiary/aromatic N) is 1. The number of guanidine groups is 1. The molecular formula is C22H31N3O2S. The molecule has 1 atom stereocenters. The molecule has 0 fully saturated rings. The van der Waals surface area contributed by atoms with Gasteiger partial charge in [-0.05, 0) is 36.5 Å². The van der Waals surface area contributed by atoms with E-state index < -0.39 is 9.84 Å². The Hall–Kier alpha value is -2.34. The fourth-order valence-electron chi connectivity index (χ4n) is 2.82. The third-order valence-electron chi connectivity index (χ3n) is 4.44. The molecule has 0 aliphatic heterocycles. The summed E-state index contributed by atoms with van der Waals surface area (Å²) in [6.07, 6.45) is 1.25. The molecule has 0 aliphatic rings. The number of aryl methyl sites for hydroxylation is 1. The minimum Gasteiger partial charge on any atom is -0.357 e. The Kier molecular flexibility index (Phi) is 8.05. The third kappa shape index (κ3) is 7.72. The summed E-state index contributed by atoms with van der Waals surface area (Å²) in [5.41, 5.74) is 4.41. The topological polar surface area (TPSA) is 70.6 Å². The van der Waals surface area contributed by atoms with Crippen molar-refractivity contribution in [3.63, 3.8) is 0 Å². The van der Waals surface area contributed by atoms with E-state index in [4.69, 9.17) is 0 Å². The summed E-state index contributed by atoms with van der Waals surface area (Å²) >= 11 is 0. The summed E-state index contributed by atoms with van der Waals surface area (Å²) in [5.74, 6) is 1.22. The zero-order valence-electron chi connectivity index (χ0n) is 17.2. The van der Waals surface area contributed by atoms with E-state index in [1.807, 2.05) is 31.2 Å². The van der Waals surface area contributed by atoms with E-state index in [2.05, 4.69) is 53.7 Å². The number of hydrogen-bond donors (Lipinski definition) is 2. The average molecular weight is 402 g/mol. The Morgan fingerprint density at radius 1 is 1.00 bits per heavy atom. The van der Waals surface area contributed by atoms with Crippen molar-refractivity contribution in [2.45, 2.75) is 39.0 Å². The third-order valence-corrected chi connectivity index (χ3v) is 5.30. The smallest absolute Gasteiger partial charge is 0.191 e. The van der Waals surface area contributed by atoms with Gasteiger partial charge in [0, 0.05) is 19.3 Å². The second-order valence-corrected chi connectivity index (χ2v) is 9.41. The number of benzene rings is 2. The molecule has 0 aliphatic carbocycles. The largest absolute Gasteiger partial charge is 0.357 e. The zero-order valence-corrected chi connectivity index (χ0v) is 18.0. The van der Waals surface area contributed by atoms with Crippen molar-refractivity contribution in [1.82, 2.24) is 10.6 Å². The van der Waals surface area contributed by atoms with Gasteiger partial charge >= 0.3 is 0 Å². The molecule has 0 heterocycles. The van der Waals surface area contributed by atoms with Crippen LogP contribution in [0.1, 0.15) is 42.0 Å². The predicted molar refractivity (Wildman–Crippen MR) is 117 cm³/mol. The number of sulfone groups is 1. The van der Waals surface area contributed by atoms with Crippen LogP contribution in [0.3, 0.4) is 0 Å². The van der Waals surface area contributed by atoms with Crippen LogP contribution < -0.4 is 10.6 Å². The summed E-state index contributed by atoms with van der Waals surface area (Å²) in [5, 5.41) is 6.68. The first-order valence-electron chi connectivity index (χ1n) is 9.61. The molecule has 6 heteroatoms. The molecule has 0 bridgehead atoms. The summed E-state index contributed by atoms with van der Waals surface area (Å²) in [6, 6.07) is 16.2. The van der Waals surface area contributed by atoms with Gasteiger partial charge < -0.3 is 10.6 Å². The van der Waals surface area contributed by atoms with Gasteiger partial charge in [0.25, 0.3) is 0 Å². The lowest BCUT2D eigenvalue weighted by molar-refractivity contribution is 0.601. The van der Waals surface area contributed by atoms with Gasteiger partial charge in [0.05, 0.1) is 12.3 Å². The Labute approximate surface area is 169 Å². The zero-order chi connectivity index (χ0) is 20.6. The summed E-state index contributed by atoms with van der Waals surface area (Å²) in [4.78, 5) is 4.64. The first-order chi connectivity index (χ1) is 13.3. The van der Waals surface area contributed by atoms with E-state index in [0.717, 1.165) is 30.2 Å². The minimum absolute atomic E-state index is 0.0671. The van der Waals surface area contributed by atoms with Gasteiger partial charge in [0.2, 0.25) is 0 Å². The van der Waals surface area contributed by atoms with Crippen molar-refractivity contribution in [2.24, 2.45) is 4.99 Å². The molecule has 5 nitrogen and oxygen atoms in total. The van der Waals surface area contributed by atoms with Gasteiger partial charge in [0.15, 0.2) is 15.8 Å². The maximum absolute atomic E-state index is 11.4. The van der Waals surface area contributed by atoms with Crippen LogP contribution in [0.2, 0.25) is 0 Å². The molecule has 2 N–H and O–H groups in total. The minimum atomic E-state index is -3.01. The first kappa shape index (κ1) is 22.0. The summed E-state index contributed by atoms with van der Waals surface area (Å²) in [6.45, 7) is 8.45. The van der Waals surface area contributed by atoms with E-state index in [1.165, 1.54) is 17.4 Å². The highest BCUT2D eigenvalue weighted by Gasteiger charge is 2.07. The van der Waals surface area contributed by atoms with Crippen LogP contribution in [-0.4, -0.2) is 33.7 Å². The number of aliphatic imine (C=N–C) groups is 1. The lowest BCUT2D eigenvalue weighted by Crippen LogP contribution is -2.39. The lowest BCUT2D eigenvalue weighted by Gasteiger charge is -2.16. The molecule has 152 valence electrons. The maximum atomic E-state index is 11.4. The highest BCUT2D eigenvalue weighted by atomic mass is 32.2. The van der Waals surface area contributed by atoms with Crippen molar-refractivity contribution < 1.29 is 8.42 Å². The summed E-state index contributed by atoms with van der Waals surface area (Å²) < 4.78 is 22.8. The van der Waals surface area contributed by atoms with Crippen molar-refractivity contribution in [2.75, 3.05) is 19.3 Å². The maximum Gasteiger partial charge on any atom is 0.191 e. The Morgan fingerprint density at radius 2 is 1.61 bits per heavy atom. The van der Waals surface area contributed by atoms with Crippen LogP contribution in [0, 0.1) is 6.92 Å². The van der Waals surface area contributed by atoms with Crippen LogP contribution >= 0.6 is 0 Å². The first-order valence-corrected chi connectivity index (χ1v) is 11.7. The standard InChI is InChI=1S/C22H31N3O2S/c1-5-23-22(24-14-18(3)21-12-6-17(2)7-13-21)25-15-19-8-10-20(11-9-19)16-28(4,26)27/h6-13,18H,5,14-16H2,1-4H3,(H2,23,24,25). The Morgan fingerprint density at radius 3 is 2.18 bits per heavy atom. The summed E-state index contributed by atoms with van der Waals surface area (Å²) in [7, 11) is -3.01. The van der Waals surface area contributed by atoms with E-state index in [-0.39, 0.29) is 5.75 Å². The van der Waals surface area contributed by atoms with Crippen LogP contribution in [0.15, 0.2) is 53.5 Å².